The zero-order valence-corrected chi connectivity index (χ0v) is 21.0. The Bertz CT molecular complexity index is 981. The molecule has 2 aliphatic carbocycles. The number of fused-ring (bicyclic) bond motifs is 3. The number of carbonyl (C=O) groups is 1. The van der Waals surface area contributed by atoms with E-state index < -0.39 is 0 Å². The lowest BCUT2D eigenvalue weighted by molar-refractivity contribution is -0.129. The molecule has 1 atom stereocenters. The molecule has 1 unspecified atom stereocenters. The maximum absolute atomic E-state index is 12.9. The van der Waals surface area contributed by atoms with Crippen LogP contribution < -0.4 is 0 Å². The molecule has 5 rings (SSSR count). The third-order valence-electron chi connectivity index (χ3n) is 7.53. The molecule has 0 radical (unpaired) electrons. The second-order valence-corrected chi connectivity index (χ2v) is 13.1. The third-order valence-corrected chi connectivity index (χ3v) is 9.64. The second-order valence-electron chi connectivity index (χ2n) is 11.0. The SMILES string of the molecule is CC1CCN(C(=O)CSc2nc(C3CC3)nc3sc4c(c23)CCC(C(C)(C)C)C4)CC1. The monoisotopic (exact) mass is 457 g/mol. The molecule has 1 amide bonds. The average molecular weight is 458 g/mol. The Morgan fingerprint density at radius 3 is 2.55 bits per heavy atom. The van der Waals surface area contributed by atoms with E-state index in [1.54, 1.807) is 11.8 Å². The van der Waals surface area contributed by atoms with Crippen LogP contribution in [0.2, 0.25) is 0 Å². The molecule has 0 N–H and O–H groups in total. The molecule has 4 nitrogen and oxygen atoms in total. The molecule has 0 aromatic carbocycles. The van der Waals surface area contributed by atoms with Crippen LogP contribution >= 0.6 is 23.1 Å². The van der Waals surface area contributed by atoms with E-state index in [1.807, 2.05) is 11.3 Å². The molecule has 3 aliphatic rings. The van der Waals surface area contributed by atoms with E-state index in [0.717, 1.165) is 61.5 Å². The number of thiophene rings is 1. The van der Waals surface area contributed by atoms with Crippen LogP contribution in [-0.4, -0.2) is 39.6 Å². The molecule has 1 saturated heterocycles. The summed E-state index contributed by atoms with van der Waals surface area (Å²) in [5, 5.41) is 2.33. The lowest BCUT2D eigenvalue weighted by Crippen LogP contribution is -2.38. The fourth-order valence-electron chi connectivity index (χ4n) is 5.01. The lowest BCUT2D eigenvalue weighted by Gasteiger charge is -2.33. The van der Waals surface area contributed by atoms with Gasteiger partial charge < -0.3 is 4.90 Å². The van der Waals surface area contributed by atoms with Gasteiger partial charge in [-0.3, -0.25) is 4.79 Å². The largest absolute Gasteiger partial charge is 0.342 e. The highest BCUT2D eigenvalue weighted by atomic mass is 32.2. The molecule has 6 heteroatoms. The summed E-state index contributed by atoms with van der Waals surface area (Å²) < 4.78 is 0. The Morgan fingerprint density at radius 2 is 1.87 bits per heavy atom. The molecule has 2 aromatic heterocycles. The van der Waals surface area contributed by atoms with E-state index in [2.05, 4.69) is 32.6 Å². The summed E-state index contributed by atoms with van der Waals surface area (Å²) in [4.78, 5) is 27.7. The minimum absolute atomic E-state index is 0.272. The van der Waals surface area contributed by atoms with Crippen molar-refractivity contribution in [3.63, 3.8) is 0 Å². The quantitative estimate of drug-likeness (QED) is 0.413. The first-order valence-electron chi connectivity index (χ1n) is 12.0. The van der Waals surface area contributed by atoms with Gasteiger partial charge in [0.25, 0.3) is 0 Å². The highest BCUT2D eigenvalue weighted by Gasteiger charge is 2.34. The third kappa shape index (κ3) is 4.52. The number of hydrogen-bond acceptors (Lipinski definition) is 5. The number of thioether (sulfide) groups is 1. The number of rotatable bonds is 4. The van der Waals surface area contributed by atoms with Crippen LogP contribution in [0, 0.1) is 17.3 Å². The van der Waals surface area contributed by atoms with Crippen molar-refractivity contribution in [2.24, 2.45) is 17.3 Å². The van der Waals surface area contributed by atoms with Crippen molar-refractivity contribution < 1.29 is 4.79 Å². The summed E-state index contributed by atoms with van der Waals surface area (Å²) in [6.45, 7) is 11.2. The average Bonchev–Trinajstić information content (AvgIpc) is 3.51. The van der Waals surface area contributed by atoms with Gasteiger partial charge in [-0.15, -0.1) is 11.3 Å². The number of nitrogens with zero attached hydrogens (tertiary/aromatic N) is 3. The molecule has 0 bridgehead atoms. The van der Waals surface area contributed by atoms with Gasteiger partial charge in [0.1, 0.15) is 15.7 Å². The Labute approximate surface area is 194 Å². The van der Waals surface area contributed by atoms with E-state index in [0.29, 0.717) is 17.1 Å². The van der Waals surface area contributed by atoms with Crippen molar-refractivity contribution in [2.45, 2.75) is 83.6 Å². The normalized spacial score (nSPS) is 22.7. The van der Waals surface area contributed by atoms with Crippen molar-refractivity contribution in [1.82, 2.24) is 14.9 Å². The van der Waals surface area contributed by atoms with E-state index in [1.165, 1.54) is 39.9 Å². The van der Waals surface area contributed by atoms with Gasteiger partial charge in [0, 0.05) is 29.3 Å². The first-order chi connectivity index (χ1) is 14.8. The van der Waals surface area contributed by atoms with Crippen molar-refractivity contribution >= 4 is 39.2 Å². The maximum atomic E-state index is 12.9. The fraction of sp³-hybridized carbons (Fsp3) is 0.720. The molecule has 3 heterocycles. The summed E-state index contributed by atoms with van der Waals surface area (Å²) in [6.07, 6.45) is 8.19. The predicted molar refractivity (Wildman–Crippen MR) is 130 cm³/mol. The number of likely N-dealkylation sites (tertiary alicyclic amines) is 1. The van der Waals surface area contributed by atoms with E-state index in [4.69, 9.17) is 9.97 Å². The fourth-order valence-corrected chi connectivity index (χ4v) is 7.34. The van der Waals surface area contributed by atoms with Crippen molar-refractivity contribution in [2.75, 3.05) is 18.8 Å². The van der Waals surface area contributed by atoms with Crippen LogP contribution in [0.5, 0.6) is 0 Å². The number of piperidine rings is 1. The number of carbonyl (C=O) groups excluding carboxylic acids is 1. The van der Waals surface area contributed by atoms with Gasteiger partial charge in [-0.2, -0.15) is 0 Å². The standard InChI is InChI=1S/C25H35N3OS2/c1-15-9-11-28(12-10-15)20(29)14-30-23-21-18-8-7-17(25(2,3)4)13-19(18)31-24(21)27-22(26-23)16-5-6-16/h15-17H,5-14H2,1-4H3. The zero-order valence-electron chi connectivity index (χ0n) is 19.4. The van der Waals surface area contributed by atoms with Gasteiger partial charge in [0.2, 0.25) is 5.91 Å². The summed E-state index contributed by atoms with van der Waals surface area (Å²) in [5.74, 6) is 3.79. The first kappa shape index (κ1) is 21.7. The topological polar surface area (TPSA) is 46.1 Å². The van der Waals surface area contributed by atoms with Gasteiger partial charge in [0.05, 0.1) is 5.75 Å². The number of hydrogen-bond donors (Lipinski definition) is 0. The van der Waals surface area contributed by atoms with E-state index >= 15 is 0 Å². The molecule has 168 valence electrons. The summed E-state index contributed by atoms with van der Waals surface area (Å²) in [5.41, 5.74) is 1.82. The van der Waals surface area contributed by atoms with Gasteiger partial charge in [0.15, 0.2) is 0 Å². The van der Waals surface area contributed by atoms with E-state index in [9.17, 15) is 4.79 Å². The van der Waals surface area contributed by atoms with Gasteiger partial charge in [-0.1, -0.05) is 39.5 Å². The van der Waals surface area contributed by atoms with Crippen molar-refractivity contribution in [3.8, 4) is 0 Å². The minimum atomic E-state index is 0.272. The number of aromatic nitrogens is 2. The highest BCUT2D eigenvalue weighted by Crippen LogP contribution is 2.46. The molecular formula is C25H35N3OS2. The Kier molecular flexibility index (Phi) is 5.83. The Balaban J connectivity index is 1.41. The van der Waals surface area contributed by atoms with Gasteiger partial charge in [-0.25, -0.2) is 9.97 Å². The molecule has 31 heavy (non-hydrogen) atoms. The van der Waals surface area contributed by atoms with Crippen molar-refractivity contribution in [3.05, 3.63) is 16.3 Å². The minimum Gasteiger partial charge on any atom is -0.342 e. The highest BCUT2D eigenvalue weighted by molar-refractivity contribution is 8.00. The zero-order chi connectivity index (χ0) is 21.8. The number of amides is 1. The van der Waals surface area contributed by atoms with Gasteiger partial charge in [-0.05, 0) is 67.8 Å². The van der Waals surface area contributed by atoms with Crippen LogP contribution in [0.1, 0.15) is 82.0 Å². The second kappa shape index (κ2) is 8.33. The van der Waals surface area contributed by atoms with Crippen LogP contribution in [0.3, 0.4) is 0 Å². The number of aryl methyl sites for hydroxylation is 1. The Morgan fingerprint density at radius 1 is 1.13 bits per heavy atom. The van der Waals surface area contributed by atoms with Crippen LogP contribution in [0.4, 0.5) is 0 Å². The first-order valence-corrected chi connectivity index (χ1v) is 13.8. The molecule has 1 saturated carbocycles. The Hall–Kier alpha value is -1.14. The predicted octanol–water partition coefficient (Wildman–Crippen LogP) is 6.07. The summed E-state index contributed by atoms with van der Waals surface area (Å²) in [6, 6.07) is 0. The molecular weight excluding hydrogens is 422 g/mol. The van der Waals surface area contributed by atoms with Crippen LogP contribution in [-0.2, 0) is 17.6 Å². The molecule has 0 spiro atoms. The van der Waals surface area contributed by atoms with Gasteiger partial charge >= 0.3 is 0 Å². The van der Waals surface area contributed by atoms with E-state index in [-0.39, 0.29) is 5.91 Å². The lowest BCUT2D eigenvalue weighted by atomic mass is 9.72. The van der Waals surface area contributed by atoms with Crippen molar-refractivity contribution in [1.29, 1.82) is 0 Å². The maximum Gasteiger partial charge on any atom is 0.232 e. The molecule has 2 fully saturated rings. The molecule has 2 aromatic rings. The summed E-state index contributed by atoms with van der Waals surface area (Å²) >= 11 is 3.56. The molecule has 1 aliphatic heterocycles. The summed E-state index contributed by atoms with van der Waals surface area (Å²) in [7, 11) is 0. The van der Waals surface area contributed by atoms with Crippen LogP contribution in [0.25, 0.3) is 10.2 Å². The van der Waals surface area contributed by atoms with Crippen LogP contribution in [0.15, 0.2) is 5.03 Å². The smallest absolute Gasteiger partial charge is 0.232 e.